The Balaban J connectivity index is 2.11. The zero-order valence-corrected chi connectivity index (χ0v) is 13.2. The van der Waals surface area contributed by atoms with Crippen molar-refractivity contribution >= 4 is 0 Å². The molecule has 2 rings (SSSR count). The molecule has 0 spiro atoms. The molecule has 1 aromatic rings. The van der Waals surface area contributed by atoms with Gasteiger partial charge in [-0.25, -0.2) is 4.98 Å². The van der Waals surface area contributed by atoms with Crippen molar-refractivity contribution in [2.24, 2.45) is 16.7 Å². The summed E-state index contributed by atoms with van der Waals surface area (Å²) in [7, 11) is 2.07. The standard InChI is InChI=1S/C15H28N4/c1-7-8-19-12(17-10-18-19)9-11(16-6)13-14(2,3)15(13,4)5/h10-11,13,16H,7-9H2,1-6H3. The maximum Gasteiger partial charge on any atom is 0.138 e. The van der Waals surface area contributed by atoms with Crippen LogP contribution in [0.15, 0.2) is 6.33 Å². The van der Waals surface area contributed by atoms with Gasteiger partial charge < -0.3 is 5.32 Å². The number of hydrogen-bond acceptors (Lipinski definition) is 3. The van der Waals surface area contributed by atoms with Crippen molar-refractivity contribution in [2.75, 3.05) is 7.05 Å². The van der Waals surface area contributed by atoms with Gasteiger partial charge in [0.25, 0.3) is 0 Å². The highest BCUT2D eigenvalue weighted by molar-refractivity contribution is 5.17. The molecule has 1 fully saturated rings. The molecule has 1 aliphatic rings. The predicted molar refractivity (Wildman–Crippen MR) is 77.9 cm³/mol. The van der Waals surface area contributed by atoms with E-state index in [1.807, 2.05) is 4.68 Å². The van der Waals surface area contributed by atoms with Crippen LogP contribution in [0.4, 0.5) is 0 Å². The fourth-order valence-corrected chi connectivity index (χ4v) is 3.68. The fourth-order valence-electron chi connectivity index (χ4n) is 3.68. The number of likely N-dealkylation sites (N-methyl/N-ethyl adjacent to an activating group) is 1. The quantitative estimate of drug-likeness (QED) is 0.858. The Morgan fingerprint density at radius 3 is 2.42 bits per heavy atom. The Kier molecular flexibility index (Phi) is 3.74. The van der Waals surface area contributed by atoms with Crippen LogP contribution in [0.2, 0.25) is 0 Å². The first-order valence-corrected chi connectivity index (χ1v) is 7.40. The van der Waals surface area contributed by atoms with E-state index in [1.54, 1.807) is 6.33 Å². The average molecular weight is 264 g/mol. The third-order valence-electron chi connectivity index (χ3n) is 5.44. The molecular weight excluding hydrogens is 236 g/mol. The first-order valence-electron chi connectivity index (χ1n) is 7.40. The maximum absolute atomic E-state index is 4.44. The van der Waals surface area contributed by atoms with Gasteiger partial charge in [0, 0.05) is 19.0 Å². The molecule has 0 saturated heterocycles. The van der Waals surface area contributed by atoms with Crippen LogP contribution in [0, 0.1) is 16.7 Å². The first-order chi connectivity index (χ1) is 8.86. The highest BCUT2D eigenvalue weighted by Crippen LogP contribution is 2.69. The molecular formula is C15H28N4. The third kappa shape index (κ3) is 2.31. The van der Waals surface area contributed by atoms with Crippen LogP contribution in [0.5, 0.6) is 0 Å². The van der Waals surface area contributed by atoms with Gasteiger partial charge in [0.1, 0.15) is 12.2 Å². The Bertz CT molecular complexity index is 419. The molecule has 1 heterocycles. The maximum atomic E-state index is 4.44. The molecule has 1 atom stereocenters. The zero-order chi connectivity index (χ0) is 14.3. The van der Waals surface area contributed by atoms with Crippen molar-refractivity contribution in [1.29, 1.82) is 0 Å². The van der Waals surface area contributed by atoms with E-state index >= 15 is 0 Å². The molecule has 0 aromatic carbocycles. The second-order valence-corrected chi connectivity index (χ2v) is 6.92. The largest absolute Gasteiger partial charge is 0.316 e. The van der Waals surface area contributed by atoms with Crippen LogP contribution < -0.4 is 5.32 Å². The molecule has 1 aliphatic carbocycles. The van der Waals surface area contributed by atoms with Crippen molar-refractivity contribution in [3.05, 3.63) is 12.2 Å². The van der Waals surface area contributed by atoms with Crippen molar-refractivity contribution in [2.45, 2.75) is 60.0 Å². The lowest BCUT2D eigenvalue weighted by molar-refractivity contribution is 0.404. The second kappa shape index (κ2) is 4.89. The summed E-state index contributed by atoms with van der Waals surface area (Å²) in [6.45, 7) is 12.6. The molecule has 0 aliphatic heterocycles. The summed E-state index contributed by atoms with van der Waals surface area (Å²) in [5.41, 5.74) is 0.798. The van der Waals surface area contributed by atoms with Crippen LogP contribution >= 0.6 is 0 Å². The molecule has 1 unspecified atom stereocenters. The summed E-state index contributed by atoms with van der Waals surface area (Å²) in [6, 6.07) is 0.477. The number of nitrogens with zero attached hydrogens (tertiary/aromatic N) is 3. The van der Waals surface area contributed by atoms with Gasteiger partial charge in [0.05, 0.1) is 0 Å². The normalized spacial score (nSPS) is 22.4. The topological polar surface area (TPSA) is 42.7 Å². The predicted octanol–water partition coefficient (Wildman–Crippen LogP) is 2.50. The minimum absolute atomic E-state index is 0.399. The summed E-state index contributed by atoms with van der Waals surface area (Å²) in [6.07, 6.45) is 3.75. The molecule has 1 saturated carbocycles. The van der Waals surface area contributed by atoms with Crippen molar-refractivity contribution in [1.82, 2.24) is 20.1 Å². The average Bonchev–Trinajstić information content (AvgIpc) is 2.68. The molecule has 108 valence electrons. The Morgan fingerprint density at radius 1 is 1.32 bits per heavy atom. The number of hydrogen-bond donors (Lipinski definition) is 1. The van der Waals surface area contributed by atoms with E-state index < -0.39 is 0 Å². The number of nitrogens with one attached hydrogen (secondary N) is 1. The molecule has 0 radical (unpaired) electrons. The van der Waals surface area contributed by atoms with E-state index in [4.69, 9.17) is 0 Å². The van der Waals surface area contributed by atoms with Crippen LogP contribution in [0.25, 0.3) is 0 Å². The molecule has 1 aromatic heterocycles. The summed E-state index contributed by atoms with van der Waals surface area (Å²) >= 11 is 0. The van der Waals surface area contributed by atoms with E-state index in [0.717, 1.165) is 25.2 Å². The fraction of sp³-hybridized carbons (Fsp3) is 0.867. The molecule has 1 N–H and O–H groups in total. The first kappa shape index (κ1) is 14.5. The van der Waals surface area contributed by atoms with Gasteiger partial charge in [-0.05, 0) is 30.2 Å². The molecule has 0 bridgehead atoms. The smallest absolute Gasteiger partial charge is 0.138 e. The monoisotopic (exact) mass is 264 g/mol. The van der Waals surface area contributed by atoms with Gasteiger partial charge in [0.2, 0.25) is 0 Å². The summed E-state index contributed by atoms with van der Waals surface area (Å²) in [5.74, 6) is 1.80. The van der Waals surface area contributed by atoms with Crippen molar-refractivity contribution in [3.63, 3.8) is 0 Å². The minimum Gasteiger partial charge on any atom is -0.316 e. The summed E-state index contributed by atoms with van der Waals surface area (Å²) in [4.78, 5) is 4.44. The molecule has 4 heteroatoms. The lowest BCUT2D eigenvalue weighted by atomic mass is 10.0. The highest BCUT2D eigenvalue weighted by Gasteiger charge is 2.66. The second-order valence-electron chi connectivity index (χ2n) is 6.92. The van der Waals surface area contributed by atoms with Gasteiger partial charge in [-0.1, -0.05) is 34.6 Å². The van der Waals surface area contributed by atoms with E-state index in [1.165, 1.54) is 0 Å². The van der Waals surface area contributed by atoms with Gasteiger partial charge in [-0.3, -0.25) is 4.68 Å². The van der Waals surface area contributed by atoms with E-state index in [2.05, 4.69) is 57.1 Å². The van der Waals surface area contributed by atoms with Crippen LogP contribution in [0.1, 0.15) is 46.9 Å². The molecule has 4 nitrogen and oxygen atoms in total. The number of aromatic nitrogens is 3. The van der Waals surface area contributed by atoms with Gasteiger partial charge in [0.15, 0.2) is 0 Å². The third-order valence-corrected chi connectivity index (χ3v) is 5.44. The van der Waals surface area contributed by atoms with Crippen molar-refractivity contribution in [3.8, 4) is 0 Å². The SMILES string of the molecule is CCCn1ncnc1CC(NC)C1C(C)(C)C1(C)C. The van der Waals surface area contributed by atoms with Gasteiger partial charge in [-0.15, -0.1) is 0 Å². The summed E-state index contributed by atoms with van der Waals surface area (Å²) in [5, 5.41) is 7.83. The lowest BCUT2D eigenvalue weighted by Crippen LogP contribution is -2.33. The highest BCUT2D eigenvalue weighted by atomic mass is 15.3. The van der Waals surface area contributed by atoms with E-state index in [0.29, 0.717) is 22.8 Å². The minimum atomic E-state index is 0.399. The Morgan fingerprint density at radius 2 is 1.95 bits per heavy atom. The molecule has 19 heavy (non-hydrogen) atoms. The zero-order valence-electron chi connectivity index (χ0n) is 13.2. The number of rotatable bonds is 6. The number of aryl methyl sites for hydroxylation is 1. The summed E-state index contributed by atoms with van der Waals surface area (Å²) < 4.78 is 2.05. The Hall–Kier alpha value is -0.900. The molecule has 0 amide bonds. The van der Waals surface area contributed by atoms with Crippen LogP contribution in [0.3, 0.4) is 0 Å². The Labute approximate surface area is 117 Å². The van der Waals surface area contributed by atoms with Crippen LogP contribution in [-0.4, -0.2) is 27.9 Å². The van der Waals surface area contributed by atoms with E-state index in [9.17, 15) is 0 Å². The van der Waals surface area contributed by atoms with E-state index in [-0.39, 0.29) is 0 Å². The van der Waals surface area contributed by atoms with Crippen LogP contribution in [-0.2, 0) is 13.0 Å². The van der Waals surface area contributed by atoms with Gasteiger partial charge in [-0.2, -0.15) is 5.10 Å². The van der Waals surface area contributed by atoms with Crippen molar-refractivity contribution < 1.29 is 0 Å². The lowest BCUT2D eigenvalue weighted by Gasteiger charge is -2.18. The van der Waals surface area contributed by atoms with Gasteiger partial charge >= 0.3 is 0 Å².